The molecule has 84 valence electrons. The molecule has 3 heteroatoms. The van der Waals surface area contributed by atoms with Crippen molar-refractivity contribution in [1.29, 1.82) is 0 Å². The van der Waals surface area contributed by atoms with Gasteiger partial charge in [0.25, 0.3) is 0 Å². The summed E-state index contributed by atoms with van der Waals surface area (Å²) >= 11 is 0. The Labute approximate surface area is 94.7 Å². The maximum atomic E-state index is 11.6. The molecule has 0 saturated heterocycles. The molecule has 0 aromatic heterocycles. The zero-order valence-electron chi connectivity index (χ0n) is 9.34. The largest absolute Gasteiger partial charge is 0.466 e. The topological polar surface area (TPSA) is 35.5 Å². The van der Waals surface area contributed by atoms with Crippen molar-refractivity contribution in [2.45, 2.75) is 19.1 Å². The van der Waals surface area contributed by atoms with Crippen LogP contribution in [0.5, 0.6) is 0 Å². The predicted molar refractivity (Wildman–Crippen MR) is 59.8 cm³/mol. The summed E-state index contributed by atoms with van der Waals surface area (Å²) in [4.78, 5) is 11.6. The first-order valence-electron chi connectivity index (χ1n) is 5.23. The highest BCUT2D eigenvalue weighted by Crippen LogP contribution is 2.33. The lowest BCUT2D eigenvalue weighted by Gasteiger charge is -2.14. The second kappa shape index (κ2) is 4.49. The molecule has 3 nitrogen and oxygen atoms in total. The molecule has 1 heterocycles. The Hall–Kier alpha value is -1.61. The van der Waals surface area contributed by atoms with E-state index in [9.17, 15) is 4.79 Å². The number of carbonyl (C=O) groups is 1. The summed E-state index contributed by atoms with van der Waals surface area (Å²) in [6.45, 7) is 1.91. The number of esters is 1. The van der Waals surface area contributed by atoms with Crippen LogP contribution in [0.15, 0.2) is 42.0 Å². The molecule has 0 spiro atoms. The van der Waals surface area contributed by atoms with Gasteiger partial charge in [0.15, 0.2) is 0 Å². The number of hydrogen-bond acceptors (Lipinski definition) is 3. The van der Waals surface area contributed by atoms with Crippen LogP contribution >= 0.6 is 0 Å². The van der Waals surface area contributed by atoms with Crippen LogP contribution in [0.1, 0.15) is 18.6 Å². The lowest BCUT2D eigenvalue weighted by atomic mass is 10.0. The Bertz CT molecular complexity index is 408. The average Bonchev–Trinajstić information content (AvgIpc) is 2.71. The van der Waals surface area contributed by atoms with Gasteiger partial charge in [0.05, 0.1) is 18.8 Å². The van der Waals surface area contributed by atoms with E-state index < -0.39 is 0 Å². The van der Waals surface area contributed by atoms with E-state index in [0.717, 1.165) is 5.56 Å². The standard InChI is InChI=1S/C13H14O3/c1-9-8-11(13(14)15-2)12(16-9)10-6-4-3-5-7-10/h3-9,12H,1-2H3/t9-,12-/m1/s1. The Morgan fingerprint density at radius 2 is 2.00 bits per heavy atom. The van der Waals surface area contributed by atoms with Gasteiger partial charge >= 0.3 is 5.97 Å². The molecule has 2 atom stereocenters. The number of methoxy groups -OCH3 is 1. The van der Waals surface area contributed by atoms with Gasteiger partial charge in [-0.15, -0.1) is 0 Å². The summed E-state index contributed by atoms with van der Waals surface area (Å²) in [6.07, 6.45) is 1.45. The summed E-state index contributed by atoms with van der Waals surface area (Å²) in [5.41, 5.74) is 1.56. The van der Waals surface area contributed by atoms with Gasteiger partial charge in [-0.3, -0.25) is 0 Å². The van der Waals surface area contributed by atoms with Crippen molar-refractivity contribution in [3.63, 3.8) is 0 Å². The molecule has 0 aliphatic carbocycles. The minimum atomic E-state index is -0.321. The fraction of sp³-hybridized carbons (Fsp3) is 0.308. The van der Waals surface area contributed by atoms with Crippen molar-refractivity contribution in [2.75, 3.05) is 7.11 Å². The molecule has 0 unspecified atom stereocenters. The first-order chi connectivity index (χ1) is 7.72. The Kier molecular flexibility index (Phi) is 3.06. The molecular weight excluding hydrogens is 204 g/mol. The third-order valence-corrected chi connectivity index (χ3v) is 2.57. The zero-order chi connectivity index (χ0) is 11.5. The van der Waals surface area contributed by atoms with Gasteiger partial charge in [0, 0.05) is 0 Å². The summed E-state index contributed by atoms with van der Waals surface area (Å²) in [7, 11) is 1.38. The molecule has 0 bridgehead atoms. The number of benzene rings is 1. The number of rotatable bonds is 2. The van der Waals surface area contributed by atoms with Crippen LogP contribution in [0.25, 0.3) is 0 Å². The van der Waals surface area contributed by atoms with Crippen LogP contribution in [-0.2, 0) is 14.3 Å². The van der Waals surface area contributed by atoms with Crippen LogP contribution in [0.3, 0.4) is 0 Å². The Balaban J connectivity index is 2.29. The third kappa shape index (κ3) is 1.99. The molecule has 0 radical (unpaired) electrons. The molecule has 1 aromatic carbocycles. The molecule has 2 rings (SSSR count). The van der Waals surface area contributed by atoms with Crippen LogP contribution in [0, 0.1) is 0 Å². The summed E-state index contributed by atoms with van der Waals surface area (Å²) in [6, 6.07) is 9.68. The Morgan fingerprint density at radius 3 is 2.62 bits per heavy atom. The molecular formula is C13H14O3. The molecule has 1 aliphatic heterocycles. The number of ether oxygens (including phenoxy) is 2. The third-order valence-electron chi connectivity index (χ3n) is 2.57. The summed E-state index contributed by atoms with van der Waals surface area (Å²) in [5, 5.41) is 0. The van der Waals surface area contributed by atoms with Gasteiger partial charge in [-0.25, -0.2) is 4.79 Å². The maximum Gasteiger partial charge on any atom is 0.336 e. The van der Waals surface area contributed by atoms with Crippen LogP contribution in [0.2, 0.25) is 0 Å². The lowest BCUT2D eigenvalue weighted by Crippen LogP contribution is -2.11. The van der Waals surface area contributed by atoms with Gasteiger partial charge in [0.1, 0.15) is 6.10 Å². The molecule has 1 aliphatic rings. The Morgan fingerprint density at radius 1 is 1.31 bits per heavy atom. The molecule has 16 heavy (non-hydrogen) atoms. The molecule has 0 fully saturated rings. The SMILES string of the molecule is COC(=O)C1=C[C@@H](C)O[C@@H]1c1ccccc1. The fourth-order valence-corrected chi connectivity index (χ4v) is 1.85. The van der Waals surface area contributed by atoms with E-state index in [1.807, 2.05) is 43.3 Å². The number of carbonyl (C=O) groups excluding carboxylic acids is 1. The minimum Gasteiger partial charge on any atom is -0.466 e. The van der Waals surface area contributed by atoms with Crippen molar-refractivity contribution >= 4 is 5.97 Å². The van der Waals surface area contributed by atoms with Crippen LogP contribution in [0.4, 0.5) is 0 Å². The highest BCUT2D eigenvalue weighted by molar-refractivity contribution is 5.90. The van der Waals surface area contributed by atoms with E-state index in [4.69, 9.17) is 9.47 Å². The lowest BCUT2D eigenvalue weighted by molar-refractivity contribution is -0.137. The highest BCUT2D eigenvalue weighted by atomic mass is 16.5. The molecule has 0 saturated carbocycles. The second-order valence-electron chi connectivity index (χ2n) is 3.75. The fourth-order valence-electron chi connectivity index (χ4n) is 1.85. The van der Waals surface area contributed by atoms with Gasteiger partial charge in [-0.2, -0.15) is 0 Å². The highest BCUT2D eigenvalue weighted by Gasteiger charge is 2.31. The van der Waals surface area contributed by atoms with Gasteiger partial charge in [0.2, 0.25) is 0 Å². The van der Waals surface area contributed by atoms with Crippen LogP contribution < -0.4 is 0 Å². The van der Waals surface area contributed by atoms with E-state index in [0.29, 0.717) is 5.57 Å². The monoisotopic (exact) mass is 218 g/mol. The van der Waals surface area contributed by atoms with Crippen molar-refractivity contribution in [3.8, 4) is 0 Å². The van der Waals surface area contributed by atoms with Gasteiger partial charge in [-0.1, -0.05) is 30.3 Å². The summed E-state index contributed by atoms with van der Waals surface area (Å²) < 4.78 is 10.4. The van der Waals surface area contributed by atoms with Crippen LogP contribution in [-0.4, -0.2) is 19.2 Å². The summed E-state index contributed by atoms with van der Waals surface area (Å²) in [5.74, 6) is -0.321. The second-order valence-corrected chi connectivity index (χ2v) is 3.75. The average molecular weight is 218 g/mol. The molecule has 1 aromatic rings. The van der Waals surface area contributed by atoms with Crippen molar-refractivity contribution in [3.05, 3.63) is 47.5 Å². The first-order valence-corrected chi connectivity index (χ1v) is 5.23. The van der Waals surface area contributed by atoms with E-state index in [-0.39, 0.29) is 18.2 Å². The van der Waals surface area contributed by atoms with E-state index in [1.54, 1.807) is 0 Å². The predicted octanol–water partition coefficient (Wildman–Crippen LogP) is 2.25. The normalized spacial score (nSPS) is 24.0. The van der Waals surface area contributed by atoms with E-state index in [1.165, 1.54) is 7.11 Å². The smallest absolute Gasteiger partial charge is 0.336 e. The van der Waals surface area contributed by atoms with Crippen molar-refractivity contribution in [1.82, 2.24) is 0 Å². The van der Waals surface area contributed by atoms with E-state index >= 15 is 0 Å². The zero-order valence-corrected chi connectivity index (χ0v) is 9.34. The molecule has 0 N–H and O–H groups in total. The maximum absolute atomic E-state index is 11.6. The van der Waals surface area contributed by atoms with Crippen molar-refractivity contribution in [2.24, 2.45) is 0 Å². The van der Waals surface area contributed by atoms with Crippen molar-refractivity contribution < 1.29 is 14.3 Å². The quantitative estimate of drug-likeness (QED) is 0.714. The first kappa shape index (κ1) is 10.9. The molecule has 0 amide bonds. The van der Waals surface area contributed by atoms with Gasteiger partial charge in [-0.05, 0) is 18.6 Å². The van der Waals surface area contributed by atoms with Gasteiger partial charge < -0.3 is 9.47 Å². The number of hydrogen-bond donors (Lipinski definition) is 0. The minimum absolute atomic E-state index is 0.0562. The van der Waals surface area contributed by atoms with E-state index in [2.05, 4.69) is 0 Å².